The number of hydrogen-bond donors (Lipinski definition) is 2. The minimum atomic E-state index is -4.75. The largest absolute Gasteiger partial charge is 0.573 e. The minimum Gasteiger partial charge on any atom is -0.450 e. The summed E-state index contributed by atoms with van der Waals surface area (Å²) in [5.74, 6) is -0.936. The second-order valence-corrected chi connectivity index (χ2v) is 6.83. The van der Waals surface area contributed by atoms with Crippen LogP contribution >= 0.6 is 23.1 Å². The van der Waals surface area contributed by atoms with Gasteiger partial charge in [0.05, 0.1) is 12.4 Å². The number of carbonyl (C=O) groups excluding carboxylic acids is 2. The fourth-order valence-electron chi connectivity index (χ4n) is 1.63. The molecule has 1 heterocycles. The molecule has 146 valence electrons. The van der Waals surface area contributed by atoms with E-state index in [1.165, 1.54) is 12.1 Å². The lowest BCUT2D eigenvalue weighted by Gasteiger charge is -2.09. The maximum Gasteiger partial charge on any atom is 0.573 e. The Morgan fingerprint density at radius 2 is 1.93 bits per heavy atom. The van der Waals surface area contributed by atoms with Crippen LogP contribution in [0.15, 0.2) is 28.6 Å². The van der Waals surface area contributed by atoms with Gasteiger partial charge in [-0.3, -0.25) is 10.1 Å². The van der Waals surface area contributed by atoms with Crippen molar-refractivity contribution in [2.24, 2.45) is 0 Å². The summed E-state index contributed by atoms with van der Waals surface area (Å²) in [6, 6.07) is 5.10. The van der Waals surface area contributed by atoms with E-state index in [1.54, 1.807) is 6.92 Å². The SMILES string of the molecule is CCOC(=O)NC(=O)CSc1nnc(Nc2ccc(OC(F)(F)F)cc2)s1. The van der Waals surface area contributed by atoms with Crippen LogP contribution in [-0.4, -0.2) is 40.9 Å². The molecule has 1 aromatic heterocycles. The maximum atomic E-state index is 12.1. The van der Waals surface area contributed by atoms with E-state index in [1.807, 2.05) is 5.32 Å². The molecule has 0 saturated carbocycles. The van der Waals surface area contributed by atoms with Crippen molar-refractivity contribution in [3.63, 3.8) is 0 Å². The normalized spacial score (nSPS) is 11.0. The number of hydrogen-bond acceptors (Lipinski definition) is 9. The third kappa shape index (κ3) is 7.70. The van der Waals surface area contributed by atoms with Crippen molar-refractivity contribution >= 4 is 45.9 Å². The molecule has 0 aliphatic heterocycles. The third-order valence-corrected chi connectivity index (χ3v) is 4.56. The van der Waals surface area contributed by atoms with Gasteiger partial charge >= 0.3 is 12.5 Å². The monoisotopic (exact) mass is 422 g/mol. The molecule has 0 aliphatic rings. The molecular formula is C14H13F3N4O4S2. The summed E-state index contributed by atoms with van der Waals surface area (Å²) >= 11 is 2.20. The summed E-state index contributed by atoms with van der Waals surface area (Å²) in [4.78, 5) is 22.6. The van der Waals surface area contributed by atoms with Crippen LogP contribution in [0.3, 0.4) is 0 Å². The zero-order valence-corrected chi connectivity index (χ0v) is 15.3. The van der Waals surface area contributed by atoms with Crippen molar-refractivity contribution in [1.82, 2.24) is 15.5 Å². The number of imide groups is 1. The molecular weight excluding hydrogens is 409 g/mol. The van der Waals surface area contributed by atoms with Gasteiger partial charge in [0.1, 0.15) is 5.75 Å². The average molecular weight is 422 g/mol. The quantitative estimate of drug-likeness (QED) is 0.653. The number of benzene rings is 1. The highest BCUT2D eigenvalue weighted by atomic mass is 32.2. The van der Waals surface area contributed by atoms with Crippen molar-refractivity contribution in [2.75, 3.05) is 17.7 Å². The molecule has 2 rings (SSSR count). The van der Waals surface area contributed by atoms with E-state index in [-0.39, 0.29) is 18.1 Å². The highest BCUT2D eigenvalue weighted by molar-refractivity contribution is 8.01. The summed E-state index contributed by atoms with van der Waals surface area (Å²) in [6.07, 6.45) is -5.57. The summed E-state index contributed by atoms with van der Waals surface area (Å²) in [5.41, 5.74) is 0.484. The van der Waals surface area contributed by atoms with Crippen molar-refractivity contribution < 1.29 is 32.2 Å². The molecule has 0 bridgehead atoms. The van der Waals surface area contributed by atoms with Gasteiger partial charge in [-0.15, -0.1) is 23.4 Å². The average Bonchev–Trinajstić information content (AvgIpc) is 3.01. The number of anilines is 2. The number of ether oxygens (including phenoxy) is 2. The van der Waals surface area contributed by atoms with Crippen molar-refractivity contribution in [2.45, 2.75) is 17.6 Å². The third-order valence-electron chi connectivity index (χ3n) is 2.59. The first-order valence-electron chi connectivity index (χ1n) is 7.31. The van der Waals surface area contributed by atoms with Crippen LogP contribution in [0.1, 0.15) is 6.92 Å². The molecule has 1 aromatic carbocycles. The molecule has 0 aliphatic carbocycles. The first kappa shape index (κ1) is 20.8. The number of aromatic nitrogens is 2. The first-order chi connectivity index (χ1) is 12.7. The van der Waals surface area contributed by atoms with Gasteiger partial charge in [-0.1, -0.05) is 23.1 Å². The predicted molar refractivity (Wildman–Crippen MR) is 92.2 cm³/mol. The van der Waals surface area contributed by atoms with Crippen LogP contribution < -0.4 is 15.4 Å². The molecule has 0 spiro atoms. The molecule has 0 atom stereocenters. The Balaban J connectivity index is 1.83. The Hall–Kier alpha value is -2.54. The highest BCUT2D eigenvalue weighted by Crippen LogP contribution is 2.29. The number of amides is 2. The zero-order valence-electron chi connectivity index (χ0n) is 13.7. The van der Waals surface area contributed by atoms with Crippen LogP contribution in [-0.2, 0) is 9.53 Å². The molecule has 2 N–H and O–H groups in total. The Morgan fingerprint density at radius 3 is 2.56 bits per heavy atom. The van der Waals surface area contributed by atoms with E-state index >= 15 is 0 Å². The smallest absolute Gasteiger partial charge is 0.450 e. The first-order valence-corrected chi connectivity index (χ1v) is 9.11. The topological polar surface area (TPSA) is 102 Å². The van der Waals surface area contributed by atoms with Crippen molar-refractivity contribution in [3.05, 3.63) is 24.3 Å². The second-order valence-electron chi connectivity index (χ2n) is 4.63. The number of alkyl halides is 3. The number of halogens is 3. The number of nitrogens with one attached hydrogen (secondary N) is 2. The van der Waals surface area contributed by atoms with Gasteiger partial charge in [-0.2, -0.15) is 0 Å². The molecule has 0 saturated heterocycles. The standard InChI is InChI=1S/C14H13F3N4O4S2/c1-2-24-12(23)19-10(22)7-26-13-21-20-11(27-13)18-8-3-5-9(6-4-8)25-14(15,16)17/h3-6H,2,7H2,1H3,(H,18,20)(H,19,22,23). The lowest BCUT2D eigenvalue weighted by Crippen LogP contribution is -2.32. The summed E-state index contributed by atoms with van der Waals surface area (Å²) < 4.78 is 45.2. The van der Waals surface area contributed by atoms with Gasteiger partial charge in [0.2, 0.25) is 11.0 Å². The minimum absolute atomic E-state index is 0.0586. The summed E-state index contributed by atoms with van der Waals surface area (Å²) in [7, 11) is 0. The molecule has 27 heavy (non-hydrogen) atoms. The Kier molecular flexibility index (Phi) is 7.24. The van der Waals surface area contributed by atoms with Crippen LogP contribution in [0.5, 0.6) is 5.75 Å². The number of alkyl carbamates (subject to hydrolysis) is 1. The Bertz CT molecular complexity index is 783. The van der Waals surface area contributed by atoms with Crippen LogP contribution in [0.25, 0.3) is 0 Å². The van der Waals surface area contributed by atoms with E-state index in [2.05, 4.69) is 25.0 Å². The second kappa shape index (κ2) is 9.41. The number of nitrogens with zero attached hydrogens (tertiary/aromatic N) is 2. The molecule has 0 fully saturated rings. The van der Waals surface area contributed by atoms with Gasteiger partial charge < -0.3 is 14.8 Å². The van der Waals surface area contributed by atoms with Crippen molar-refractivity contribution in [3.8, 4) is 5.75 Å². The lowest BCUT2D eigenvalue weighted by molar-refractivity contribution is -0.274. The van der Waals surface area contributed by atoms with E-state index in [0.717, 1.165) is 35.2 Å². The molecule has 0 unspecified atom stereocenters. The molecule has 2 amide bonds. The van der Waals surface area contributed by atoms with Gasteiger partial charge in [0.15, 0.2) is 4.34 Å². The van der Waals surface area contributed by atoms with Crippen molar-refractivity contribution in [1.29, 1.82) is 0 Å². The van der Waals surface area contributed by atoms with Gasteiger partial charge in [-0.05, 0) is 31.2 Å². The van der Waals surface area contributed by atoms with Gasteiger partial charge in [0.25, 0.3) is 0 Å². The number of carbonyl (C=O) groups is 2. The summed E-state index contributed by atoms with van der Waals surface area (Å²) in [5, 5.41) is 13.0. The van der Waals surface area contributed by atoms with E-state index < -0.39 is 18.4 Å². The van der Waals surface area contributed by atoms with Crippen LogP contribution in [0, 0.1) is 0 Å². The fraction of sp³-hybridized carbons (Fsp3) is 0.286. The summed E-state index contributed by atoms with van der Waals surface area (Å²) in [6.45, 7) is 1.77. The van der Waals surface area contributed by atoms with Gasteiger partial charge in [0, 0.05) is 5.69 Å². The van der Waals surface area contributed by atoms with Crippen LogP contribution in [0.2, 0.25) is 0 Å². The molecule has 8 nitrogen and oxygen atoms in total. The molecule has 0 radical (unpaired) electrons. The Morgan fingerprint density at radius 1 is 1.22 bits per heavy atom. The Labute approximate surface area is 159 Å². The van der Waals surface area contributed by atoms with E-state index in [9.17, 15) is 22.8 Å². The molecule has 13 heteroatoms. The van der Waals surface area contributed by atoms with Crippen LogP contribution in [0.4, 0.5) is 28.8 Å². The zero-order chi connectivity index (χ0) is 19.9. The fourth-order valence-corrected chi connectivity index (χ4v) is 3.20. The predicted octanol–water partition coefficient (Wildman–Crippen LogP) is 3.55. The maximum absolute atomic E-state index is 12.1. The molecule has 2 aromatic rings. The van der Waals surface area contributed by atoms with E-state index in [0.29, 0.717) is 15.2 Å². The number of rotatable bonds is 7. The highest BCUT2D eigenvalue weighted by Gasteiger charge is 2.30. The number of thioether (sulfide) groups is 1. The van der Waals surface area contributed by atoms with E-state index in [4.69, 9.17) is 0 Å². The van der Waals surface area contributed by atoms with Gasteiger partial charge in [-0.25, -0.2) is 4.79 Å². The lowest BCUT2D eigenvalue weighted by atomic mass is 10.3.